The molecule has 7 heteroatoms. The number of hydrogen-bond donors (Lipinski definition) is 0. The van der Waals surface area contributed by atoms with Gasteiger partial charge in [0.15, 0.2) is 11.0 Å². The smallest absolute Gasteiger partial charge is 0.237 e. The number of benzene rings is 3. The minimum absolute atomic E-state index is 0.0831. The molecular formula is C26H23ClN4OS. The molecule has 5 nitrogen and oxygen atoms in total. The first kappa shape index (κ1) is 21.7. The summed E-state index contributed by atoms with van der Waals surface area (Å²) in [5.74, 6) is 1.14. The molecule has 33 heavy (non-hydrogen) atoms. The Morgan fingerprint density at radius 2 is 1.73 bits per heavy atom. The summed E-state index contributed by atoms with van der Waals surface area (Å²) >= 11 is 7.51. The van der Waals surface area contributed by atoms with Gasteiger partial charge >= 0.3 is 0 Å². The maximum absolute atomic E-state index is 13.2. The van der Waals surface area contributed by atoms with E-state index in [1.54, 1.807) is 0 Å². The Bertz CT molecular complexity index is 1270. The van der Waals surface area contributed by atoms with Crippen LogP contribution >= 0.6 is 23.4 Å². The Labute approximate surface area is 202 Å². The van der Waals surface area contributed by atoms with Gasteiger partial charge in [0.25, 0.3) is 0 Å². The van der Waals surface area contributed by atoms with E-state index in [-0.39, 0.29) is 11.9 Å². The van der Waals surface area contributed by atoms with Crippen molar-refractivity contribution < 1.29 is 4.79 Å². The Morgan fingerprint density at radius 1 is 1.00 bits per heavy atom. The third kappa shape index (κ3) is 4.54. The van der Waals surface area contributed by atoms with Crippen molar-refractivity contribution >= 4 is 35.0 Å². The highest BCUT2D eigenvalue weighted by atomic mass is 35.5. The van der Waals surface area contributed by atoms with E-state index in [1.165, 1.54) is 17.3 Å². The second-order valence-electron chi connectivity index (χ2n) is 8.12. The largest absolute Gasteiger partial charge is 0.308 e. The van der Waals surface area contributed by atoms with Crippen molar-refractivity contribution in [1.82, 2.24) is 14.8 Å². The molecule has 1 aromatic heterocycles. The molecule has 1 aliphatic rings. The van der Waals surface area contributed by atoms with E-state index < -0.39 is 0 Å². The van der Waals surface area contributed by atoms with Crippen molar-refractivity contribution in [3.63, 3.8) is 0 Å². The Kier molecular flexibility index (Phi) is 6.20. The van der Waals surface area contributed by atoms with Gasteiger partial charge in [0, 0.05) is 22.3 Å². The minimum atomic E-state index is 0.0831. The van der Waals surface area contributed by atoms with Crippen molar-refractivity contribution in [2.24, 2.45) is 0 Å². The van der Waals surface area contributed by atoms with Crippen molar-refractivity contribution in [1.29, 1.82) is 0 Å². The van der Waals surface area contributed by atoms with Crippen LogP contribution in [0, 0.1) is 0 Å². The third-order valence-corrected chi connectivity index (χ3v) is 7.01. The molecule has 0 bridgehead atoms. The zero-order chi connectivity index (χ0) is 22.8. The molecule has 1 atom stereocenters. The number of anilines is 1. The number of fused-ring (bicyclic) bond motifs is 1. The minimum Gasteiger partial charge on any atom is -0.308 e. The quantitative estimate of drug-likeness (QED) is 0.335. The number of hydrogen-bond acceptors (Lipinski definition) is 4. The summed E-state index contributed by atoms with van der Waals surface area (Å²) < 4.78 is 2.07. The zero-order valence-corrected chi connectivity index (χ0v) is 19.8. The van der Waals surface area contributed by atoms with Crippen LogP contribution in [0.3, 0.4) is 0 Å². The number of thioether (sulfide) groups is 1. The fourth-order valence-electron chi connectivity index (χ4n) is 4.26. The van der Waals surface area contributed by atoms with Gasteiger partial charge in [0.05, 0.1) is 12.3 Å². The van der Waals surface area contributed by atoms with E-state index in [4.69, 9.17) is 11.6 Å². The second-order valence-corrected chi connectivity index (χ2v) is 9.50. The van der Waals surface area contributed by atoms with Crippen molar-refractivity contribution in [2.45, 2.75) is 31.1 Å². The highest BCUT2D eigenvalue weighted by molar-refractivity contribution is 7.99. The highest BCUT2D eigenvalue weighted by Gasteiger charge is 2.30. The van der Waals surface area contributed by atoms with Crippen LogP contribution in [0.15, 0.2) is 84.0 Å². The summed E-state index contributed by atoms with van der Waals surface area (Å²) in [6.45, 7) is 2.71. The summed E-state index contributed by atoms with van der Waals surface area (Å²) in [6, 6.07) is 26.1. The van der Waals surface area contributed by atoms with Crippen molar-refractivity contribution in [3.8, 4) is 11.4 Å². The number of nitrogens with zero attached hydrogens (tertiary/aromatic N) is 4. The number of para-hydroxylation sites is 1. The molecule has 1 aliphatic heterocycles. The van der Waals surface area contributed by atoms with E-state index in [9.17, 15) is 4.79 Å². The lowest BCUT2D eigenvalue weighted by molar-refractivity contribution is -0.116. The zero-order valence-electron chi connectivity index (χ0n) is 18.2. The predicted molar refractivity (Wildman–Crippen MR) is 134 cm³/mol. The van der Waals surface area contributed by atoms with Gasteiger partial charge in [-0.1, -0.05) is 71.9 Å². The van der Waals surface area contributed by atoms with Gasteiger partial charge in [-0.15, -0.1) is 10.2 Å². The molecule has 4 aromatic rings. The third-order valence-electron chi connectivity index (χ3n) is 5.80. The van der Waals surface area contributed by atoms with E-state index in [2.05, 4.69) is 39.9 Å². The average Bonchev–Trinajstić information content (AvgIpc) is 3.38. The summed E-state index contributed by atoms with van der Waals surface area (Å²) in [5, 5.41) is 10.3. The lowest BCUT2D eigenvalue weighted by Gasteiger charge is -2.22. The van der Waals surface area contributed by atoms with Crippen LogP contribution in [0.5, 0.6) is 0 Å². The van der Waals surface area contributed by atoms with Gasteiger partial charge in [-0.3, -0.25) is 9.36 Å². The van der Waals surface area contributed by atoms with Crippen LogP contribution in [-0.4, -0.2) is 32.5 Å². The molecule has 0 fully saturated rings. The fraction of sp³-hybridized carbons (Fsp3) is 0.192. The molecule has 3 aromatic carbocycles. The van der Waals surface area contributed by atoms with E-state index in [1.807, 2.05) is 65.6 Å². The number of carbonyl (C=O) groups is 1. The van der Waals surface area contributed by atoms with Gasteiger partial charge in [-0.05, 0) is 54.8 Å². The second kappa shape index (κ2) is 9.41. The van der Waals surface area contributed by atoms with Crippen LogP contribution in [0.1, 0.15) is 18.1 Å². The van der Waals surface area contributed by atoms with Crippen LogP contribution < -0.4 is 4.90 Å². The number of halogens is 1. The van der Waals surface area contributed by atoms with Gasteiger partial charge < -0.3 is 4.90 Å². The SMILES string of the molecule is CC1Cc2ccccc2N1C(=O)CSc1nnc(-c2ccc(Cl)cc2)n1Cc1ccccc1. The fourth-order valence-corrected chi connectivity index (χ4v) is 5.18. The number of amides is 1. The first-order valence-corrected chi connectivity index (χ1v) is 12.2. The molecule has 0 saturated carbocycles. The highest BCUT2D eigenvalue weighted by Crippen LogP contribution is 2.33. The lowest BCUT2D eigenvalue weighted by atomic mass is 10.1. The standard InChI is InChI=1S/C26H23ClN4OS/c1-18-15-21-9-5-6-10-23(21)31(18)24(32)17-33-26-29-28-25(20-11-13-22(27)14-12-20)30(26)16-19-7-3-2-4-8-19/h2-14,18H,15-17H2,1H3. The van der Waals surface area contributed by atoms with Gasteiger partial charge in [-0.25, -0.2) is 0 Å². The predicted octanol–water partition coefficient (Wildman–Crippen LogP) is 5.72. The number of aromatic nitrogens is 3. The number of carbonyl (C=O) groups excluding carboxylic acids is 1. The average molecular weight is 475 g/mol. The first-order valence-electron chi connectivity index (χ1n) is 10.9. The van der Waals surface area contributed by atoms with Crippen LogP contribution in [0.25, 0.3) is 11.4 Å². The van der Waals surface area contributed by atoms with Crippen molar-refractivity contribution in [3.05, 3.63) is 95.0 Å². The molecule has 2 heterocycles. The lowest BCUT2D eigenvalue weighted by Crippen LogP contribution is -2.37. The molecule has 0 aliphatic carbocycles. The molecule has 5 rings (SSSR count). The van der Waals surface area contributed by atoms with E-state index in [0.29, 0.717) is 17.3 Å². The monoisotopic (exact) mass is 474 g/mol. The van der Waals surface area contributed by atoms with E-state index in [0.717, 1.165) is 34.2 Å². The Hall–Kier alpha value is -3.09. The maximum Gasteiger partial charge on any atom is 0.237 e. The molecule has 1 amide bonds. The topological polar surface area (TPSA) is 51.0 Å². The van der Waals surface area contributed by atoms with Crippen LogP contribution in [0.4, 0.5) is 5.69 Å². The normalized spacial score (nSPS) is 15.0. The van der Waals surface area contributed by atoms with Crippen LogP contribution in [-0.2, 0) is 17.8 Å². The molecule has 0 N–H and O–H groups in total. The summed E-state index contributed by atoms with van der Waals surface area (Å²) in [7, 11) is 0. The maximum atomic E-state index is 13.2. The van der Waals surface area contributed by atoms with Crippen LogP contribution in [0.2, 0.25) is 5.02 Å². The Morgan fingerprint density at radius 3 is 2.52 bits per heavy atom. The first-order chi connectivity index (χ1) is 16.1. The molecule has 0 saturated heterocycles. The molecular weight excluding hydrogens is 452 g/mol. The molecule has 0 spiro atoms. The molecule has 166 valence electrons. The summed E-state index contributed by atoms with van der Waals surface area (Å²) in [4.78, 5) is 15.1. The Balaban J connectivity index is 1.41. The van der Waals surface area contributed by atoms with Gasteiger partial charge in [-0.2, -0.15) is 0 Å². The van der Waals surface area contributed by atoms with E-state index >= 15 is 0 Å². The summed E-state index contributed by atoms with van der Waals surface area (Å²) in [6.07, 6.45) is 0.886. The summed E-state index contributed by atoms with van der Waals surface area (Å²) in [5.41, 5.74) is 4.31. The van der Waals surface area contributed by atoms with Gasteiger partial charge in [0.2, 0.25) is 5.91 Å². The molecule has 1 unspecified atom stereocenters. The van der Waals surface area contributed by atoms with Gasteiger partial charge in [0.1, 0.15) is 0 Å². The molecule has 0 radical (unpaired) electrons. The van der Waals surface area contributed by atoms with Crippen molar-refractivity contribution in [2.75, 3.05) is 10.7 Å². The number of rotatable bonds is 6.